The van der Waals surface area contributed by atoms with E-state index in [0.29, 0.717) is 31.8 Å². The molecule has 1 fully saturated rings. The summed E-state index contributed by atoms with van der Waals surface area (Å²) >= 11 is 0. The number of nitrogens with zero attached hydrogens (tertiary/aromatic N) is 3. The minimum Gasteiger partial charge on any atom is -0.341 e. The van der Waals surface area contributed by atoms with Crippen LogP contribution < -0.4 is 4.72 Å². The van der Waals surface area contributed by atoms with Crippen molar-refractivity contribution in [3.8, 4) is 0 Å². The number of carbonyl (C=O) groups is 1. The van der Waals surface area contributed by atoms with Gasteiger partial charge in [0.05, 0.1) is 0 Å². The third kappa shape index (κ3) is 3.01. The molecule has 1 N–H and O–H groups in total. The summed E-state index contributed by atoms with van der Waals surface area (Å²) < 4.78 is 28.7. The van der Waals surface area contributed by atoms with Gasteiger partial charge in [-0.2, -0.15) is 0 Å². The molecule has 7 nitrogen and oxygen atoms in total. The van der Waals surface area contributed by atoms with Gasteiger partial charge in [0.2, 0.25) is 5.91 Å². The molecule has 20 heavy (non-hydrogen) atoms. The topological polar surface area (TPSA) is 84.3 Å². The van der Waals surface area contributed by atoms with Crippen LogP contribution >= 0.6 is 0 Å². The van der Waals surface area contributed by atoms with Gasteiger partial charge in [-0.05, 0) is 13.3 Å². The summed E-state index contributed by atoms with van der Waals surface area (Å²) in [5.41, 5.74) is 0. The van der Waals surface area contributed by atoms with Gasteiger partial charge < -0.3 is 9.47 Å². The summed E-state index contributed by atoms with van der Waals surface area (Å²) in [6, 6.07) is -0.238. The number of aryl methyl sites for hydroxylation is 2. The lowest BCUT2D eigenvalue weighted by molar-refractivity contribution is -0.129. The Labute approximate surface area is 119 Å². The van der Waals surface area contributed by atoms with Crippen molar-refractivity contribution in [1.29, 1.82) is 0 Å². The Morgan fingerprint density at radius 2 is 2.25 bits per heavy atom. The zero-order valence-electron chi connectivity index (χ0n) is 12.0. The van der Waals surface area contributed by atoms with Gasteiger partial charge in [-0.15, -0.1) is 0 Å². The molecule has 1 aromatic heterocycles. The first kappa shape index (κ1) is 15.0. The number of imidazole rings is 1. The number of carbonyl (C=O) groups excluding carboxylic acids is 1. The predicted octanol–water partition coefficient (Wildman–Crippen LogP) is 0.0177. The predicted molar refractivity (Wildman–Crippen MR) is 73.5 cm³/mol. The summed E-state index contributed by atoms with van der Waals surface area (Å²) in [4.78, 5) is 17.3. The molecule has 0 bridgehead atoms. The smallest absolute Gasteiger partial charge is 0.259 e. The fraction of sp³-hybridized carbons (Fsp3) is 0.667. The van der Waals surface area contributed by atoms with Crippen molar-refractivity contribution in [1.82, 2.24) is 19.2 Å². The molecule has 1 atom stereocenters. The van der Waals surface area contributed by atoms with Crippen LogP contribution in [-0.2, 0) is 21.9 Å². The number of amides is 1. The average molecular weight is 300 g/mol. The summed E-state index contributed by atoms with van der Waals surface area (Å²) in [7, 11) is -1.87. The molecule has 2 rings (SSSR count). The fourth-order valence-electron chi connectivity index (χ4n) is 2.24. The fourth-order valence-corrected chi connectivity index (χ4v) is 3.54. The van der Waals surface area contributed by atoms with Gasteiger partial charge in [0, 0.05) is 38.8 Å². The van der Waals surface area contributed by atoms with Crippen LogP contribution in [0.15, 0.2) is 11.2 Å². The molecule has 0 spiro atoms. The number of nitrogens with one attached hydrogen (secondary N) is 1. The maximum absolute atomic E-state index is 12.2. The van der Waals surface area contributed by atoms with Crippen LogP contribution in [0.25, 0.3) is 0 Å². The summed E-state index contributed by atoms with van der Waals surface area (Å²) in [5, 5.41) is 0.0257. The Balaban J connectivity index is 2.05. The van der Waals surface area contributed by atoms with Crippen LogP contribution in [0.4, 0.5) is 0 Å². The Morgan fingerprint density at radius 1 is 1.55 bits per heavy atom. The van der Waals surface area contributed by atoms with E-state index in [1.54, 1.807) is 30.4 Å². The number of rotatable bonds is 4. The second kappa shape index (κ2) is 5.53. The molecule has 0 aliphatic carbocycles. The molecule has 1 aliphatic rings. The first-order chi connectivity index (χ1) is 9.33. The molecular weight excluding hydrogens is 280 g/mol. The highest BCUT2D eigenvalue weighted by Gasteiger charge is 2.30. The highest BCUT2D eigenvalue weighted by Crippen LogP contribution is 2.14. The van der Waals surface area contributed by atoms with Crippen LogP contribution in [0.3, 0.4) is 0 Å². The van der Waals surface area contributed by atoms with E-state index in [4.69, 9.17) is 0 Å². The van der Waals surface area contributed by atoms with Crippen LogP contribution in [0.5, 0.6) is 0 Å². The number of hydrogen-bond acceptors (Lipinski definition) is 4. The highest BCUT2D eigenvalue weighted by molar-refractivity contribution is 7.89. The minimum atomic E-state index is -3.62. The number of aromatic nitrogens is 2. The Kier molecular flexibility index (Phi) is 4.14. The molecular formula is C12H20N4O3S. The van der Waals surface area contributed by atoms with Crippen LogP contribution in [0.1, 0.15) is 25.6 Å². The normalized spacial score (nSPS) is 19.6. The monoisotopic (exact) mass is 300 g/mol. The molecule has 1 aliphatic heterocycles. The molecule has 2 heterocycles. The van der Waals surface area contributed by atoms with Crippen molar-refractivity contribution in [2.45, 2.75) is 37.8 Å². The third-order valence-electron chi connectivity index (χ3n) is 3.53. The minimum absolute atomic E-state index is 0.0257. The van der Waals surface area contributed by atoms with Gasteiger partial charge in [0.1, 0.15) is 5.82 Å². The summed E-state index contributed by atoms with van der Waals surface area (Å²) in [5.74, 6) is 0.694. The van der Waals surface area contributed by atoms with Crippen LogP contribution in [0, 0.1) is 6.92 Å². The molecule has 1 aromatic rings. The molecule has 1 amide bonds. The standard InChI is InChI=1S/C12H20N4O3S/c1-4-12(17)16-6-5-10(7-16)14-20(18,19)11-8-15(3)9(2)13-11/h8,10,14H,4-7H2,1-3H3. The molecule has 1 unspecified atom stereocenters. The maximum atomic E-state index is 12.2. The molecule has 1 saturated heterocycles. The largest absolute Gasteiger partial charge is 0.341 e. The van der Waals surface area contributed by atoms with Gasteiger partial charge in [-0.3, -0.25) is 4.79 Å². The Morgan fingerprint density at radius 3 is 2.80 bits per heavy atom. The van der Waals surface area contributed by atoms with Crippen molar-refractivity contribution in [3.63, 3.8) is 0 Å². The first-order valence-corrected chi connectivity index (χ1v) is 8.12. The summed E-state index contributed by atoms with van der Waals surface area (Å²) in [6.45, 7) is 4.57. The van der Waals surface area contributed by atoms with Gasteiger partial charge in [0.15, 0.2) is 5.03 Å². The van der Waals surface area contributed by atoms with Gasteiger partial charge in [-0.25, -0.2) is 18.1 Å². The summed E-state index contributed by atoms with van der Waals surface area (Å²) in [6.07, 6.45) is 2.57. The maximum Gasteiger partial charge on any atom is 0.259 e. The zero-order valence-corrected chi connectivity index (χ0v) is 12.8. The zero-order chi connectivity index (χ0) is 14.9. The van der Waals surface area contributed by atoms with E-state index in [9.17, 15) is 13.2 Å². The second-order valence-electron chi connectivity index (χ2n) is 5.04. The van der Waals surface area contributed by atoms with Crippen molar-refractivity contribution >= 4 is 15.9 Å². The Bertz CT molecular complexity index is 589. The van der Waals surface area contributed by atoms with Crippen molar-refractivity contribution in [2.75, 3.05) is 13.1 Å². The van der Waals surface area contributed by atoms with E-state index in [0.717, 1.165) is 0 Å². The lowest BCUT2D eigenvalue weighted by Crippen LogP contribution is -2.38. The molecule has 0 aromatic carbocycles. The molecule has 0 radical (unpaired) electrons. The average Bonchev–Trinajstić information content (AvgIpc) is 2.96. The van der Waals surface area contributed by atoms with E-state index in [1.165, 1.54) is 6.20 Å². The van der Waals surface area contributed by atoms with Crippen LogP contribution in [-0.4, -0.2) is 47.9 Å². The van der Waals surface area contributed by atoms with E-state index in [2.05, 4.69) is 9.71 Å². The van der Waals surface area contributed by atoms with Crippen molar-refractivity contribution in [2.24, 2.45) is 7.05 Å². The van der Waals surface area contributed by atoms with Gasteiger partial charge in [0.25, 0.3) is 10.0 Å². The van der Waals surface area contributed by atoms with Crippen LogP contribution in [0.2, 0.25) is 0 Å². The van der Waals surface area contributed by atoms with Gasteiger partial charge >= 0.3 is 0 Å². The molecule has 112 valence electrons. The van der Waals surface area contributed by atoms with E-state index >= 15 is 0 Å². The quantitative estimate of drug-likeness (QED) is 0.849. The van der Waals surface area contributed by atoms with E-state index in [1.807, 2.05) is 0 Å². The van der Waals surface area contributed by atoms with Crippen molar-refractivity contribution in [3.05, 3.63) is 12.0 Å². The number of hydrogen-bond donors (Lipinski definition) is 1. The second-order valence-corrected chi connectivity index (χ2v) is 6.70. The third-order valence-corrected chi connectivity index (χ3v) is 4.92. The van der Waals surface area contributed by atoms with Crippen molar-refractivity contribution < 1.29 is 13.2 Å². The van der Waals surface area contributed by atoms with E-state index in [-0.39, 0.29) is 17.0 Å². The lowest BCUT2D eigenvalue weighted by atomic mass is 10.3. The first-order valence-electron chi connectivity index (χ1n) is 6.63. The number of likely N-dealkylation sites (tertiary alicyclic amines) is 1. The lowest BCUT2D eigenvalue weighted by Gasteiger charge is -2.15. The van der Waals surface area contributed by atoms with E-state index < -0.39 is 10.0 Å². The SMILES string of the molecule is CCC(=O)N1CCC(NS(=O)(=O)c2cn(C)c(C)n2)C1. The molecule has 0 saturated carbocycles. The number of sulfonamides is 1. The molecule has 8 heteroatoms. The Hall–Kier alpha value is -1.41. The highest BCUT2D eigenvalue weighted by atomic mass is 32.2. The van der Waals surface area contributed by atoms with Gasteiger partial charge in [-0.1, -0.05) is 6.92 Å².